The molecule has 0 spiro atoms. The van der Waals surface area contributed by atoms with Gasteiger partial charge in [-0.15, -0.1) is 0 Å². The fourth-order valence-electron chi connectivity index (χ4n) is 2.24. The highest BCUT2D eigenvalue weighted by atomic mass is 32.2. The van der Waals surface area contributed by atoms with Crippen molar-refractivity contribution in [1.82, 2.24) is 10.3 Å². The minimum atomic E-state index is -3.02. The molecule has 1 aliphatic heterocycles. The maximum atomic E-state index is 12.0. The van der Waals surface area contributed by atoms with E-state index in [2.05, 4.69) is 15.6 Å². The molecule has 2 heterocycles. The maximum absolute atomic E-state index is 12.0. The molecule has 0 aromatic carbocycles. The molecule has 1 aromatic heterocycles. The molecule has 2 N–H and O–H groups in total. The normalized spacial score (nSPS) is 21.4. The molecular weight excluding hydrogens is 278 g/mol. The third-order valence-corrected chi connectivity index (χ3v) is 4.97. The van der Waals surface area contributed by atoms with Crippen LogP contribution in [0.2, 0.25) is 0 Å². The van der Waals surface area contributed by atoms with E-state index in [-0.39, 0.29) is 29.9 Å². The van der Waals surface area contributed by atoms with Gasteiger partial charge in [-0.05, 0) is 26.0 Å². The molecule has 0 saturated carbocycles. The van der Waals surface area contributed by atoms with E-state index in [0.717, 1.165) is 11.4 Å². The first kappa shape index (κ1) is 14.9. The smallest absolute Gasteiger partial charge is 0.226 e. The molecule has 1 atom stereocenters. The summed E-state index contributed by atoms with van der Waals surface area (Å²) in [4.78, 5) is 16.2. The zero-order chi connectivity index (χ0) is 14.8. The summed E-state index contributed by atoms with van der Waals surface area (Å²) < 4.78 is 23.0. The second-order valence-electron chi connectivity index (χ2n) is 5.10. The highest BCUT2D eigenvalue weighted by molar-refractivity contribution is 7.91. The lowest BCUT2D eigenvalue weighted by molar-refractivity contribution is -0.116. The number of pyridine rings is 1. The van der Waals surface area contributed by atoms with Gasteiger partial charge < -0.3 is 10.6 Å². The summed E-state index contributed by atoms with van der Waals surface area (Å²) in [6.45, 7) is 4.12. The van der Waals surface area contributed by atoms with Crippen molar-refractivity contribution in [3.8, 4) is 0 Å². The van der Waals surface area contributed by atoms with Crippen LogP contribution in [-0.4, -0.2) is 43.4 Å². The molecule has 1 aromatic rings. The number of anilines is 1. The topological polar surface area (TPSA) is 88.2 Å². The highest BCUT2D eigenvalue weighted by Crippen LogP contribution is 2.14. The summed E-state index contributed by atoms with van der Waals surface area (Å²) in [6.07, 6.45) is 0.145. The number of rotatable bonds is 3. The van der Waals surface area contributed by atoms with E-state index in [1.807, 2.05) is 19.9 Å². The summed E-state index contributed by atoms with van der Waals surface area (Å²) in [5.41, 5.74) is 2.31. The van der Waals surface area contributed by atoms with Gasteiger partial charge in [0, 0.05) is 24.7 Å². The Kier molecular flexibility index (Phi) is 4.39. The molecule has 0 aliphatic carbocycles. The quantitative estimate of drug-likeness (QED) is 0.844. The molecule has 20 heavy (non-hydrogen) atoms. The van der Waals surface area contributed by atoms with Crippen LogP contribution in [0.5, 0.6) is 0 Å². The lowest BCUT2D eigenvalue weighted by atomic mass is 10.2. The van der Waals surface area contributed by atoms with Gasteiger partial charge in [0.25, 0.3) is 0 Å². The number of nitrogens with zero attached hydrogens (tertiary/aromatic N) is 1. The third-order valence-electron chi connectivity index (χ3n) is 3.23. The van der Waals surface area contributed by atoms with Gasteiger partial charge in [0.15, 0.2) is 9.84 Å². The lowest BCUT2D eigenvalue weighted by Gasteiger charge is -2.23. The van der Waals surface area contributed by atoms with Crippen LogP contribution >= 0.6 is 0 Å². The van der Waals surface area contributed by atoms with E-state index in [0.29, 0.717) is 12.2 Å². The Bertz CT molecular complexity index is 613. The Labute approximate surface area is 118 Å². The predicted octanol–water partition coefficient (Wildman–Crippen LogP) is 0.414. The van der Waals surface area contributed by atoms with E-state index in [1.54, 1.807) is 6.07 Å². The van der Waals surface area contributed by atoms with E-state index < -0.39 is 9.84 Å². The molecule has 1 amide bonds. The highest BCUT2D eigenvalue weighted by Gasteiger charge is 2.26. The molecule has 7 heteroatoms. The average molecular weight is 297 g/mol. The van der Waals surface area contributed by atoms with Crippen molar-refractivity contribution >= 4 is 21.4 Å². The molecule has 1 aliphatic rings. The fourth-order valence-corrected chi connectivity index (χ4v) is 3.69. The van der Waals surface area contributed by atoms with E-state index in [4.69, 9.17) is 0 Å². The third kappa shape index (κ3) is 4.01. The Balaban J connectivity index is 1.95. The van der Waals surface area contributed by atoms with Gasteiger partial charge >= 0.3 is 0 Å². The minimum absolute atomic E-state index is 0.0194. The molecule has 110 valence electrons. The van der Waals surface area contributed by atoms with Crippen LogP contribution in [0.1, 0.15) is 17.8 Å². The van der Waals surface area contributed by atoms with Gasteiger partial charge in [0.1, 0.15) is 0 Å². The number of hydrogen-bond donors (Lipinski definition) is 2. The Morgan fingerprint density at radius 3 is 2.85 bits per heavy atom. The number of nitrogens with one attached hydrogen (secondary N) is 2. The number of sulfone groups is 1. The van der Waals surface area contributed by atoms with Crippen LogP contribution in [0.3, 0.4) is 0 Å². The van der Waals surface area contributed by atoms with Gasteiger partial charge in [-0.2, -0.15) is 0 Å². The monoisotopic (exact) mass is 297 g/mol. The van der Waals surface area contributed by atoms with Crippen LogP contribution in [0.15, 0.2) is 12.1 Å². The summed E-state index contributed by atoms with van der Waals surface area (Å²) in [5, 5.41) is 5.84. The number of aromatic nitrogens is 1. The first-order valence-electron chi connectivity index (χ1n) is 6.53. The Hall–Kier alpha value is -1.47. The van der Waals surface area contributed by atoms with E-state index in [9.17, 15) is 13.2 Å². The molecular formula is C13H19N3O3S. The Morgan fingerprint density at radius 2 is 2.20 bits per heavy atom. The standard InChI is InChI=1S/C13H19N3O3S/c1-9-3-4-12(10(2)15-9)16-13(17)7-11-8-20(18,19)6-5-14-11/h3-4,11,14H,5-8H2,1-2H3,(H,16,17). The van der Waals surface area contributed by atoms with Crippen molar-refractivity contribution in [2.24, 2.45) is 0 Å². The molecule has 0 radical (unpaired) electrons. The zero-order valence-electron chi connectivity index (χ0n) is 11.6. The van der Waals surface area contributed by atoms with Crippen LogP contribution in [0.25, 0.3) is 0 Å². The SMILES string of the molecule is Cc1ccc(NC(=O)CC2CS(=O)(=O)CCN2)c(C)n1. The summed E-state index contributed by atoms with van der Waals surface area (Å²) >= 11 is 0. The minimum Gasteiger partial charge on any atom is -0.324 e. The molecule has 1 saturated heterocycles. The van der Waals surface area contributed by atoms with Crippen LogP contribution in [0.4, 0.5) is 5.69 Å². The number of hydrogen-bond acceptors (Lipinski definition) is 5. The van der Waals surface area contributed by atoms with Gasteiger partial charge in [-0.1, -0.05) is 0 Å². The first-order valence-corrected chi connectivity index (χ1v) is 8.36. The van der Waals surface area contributed by atoms with Gasteiger partial charge in [-0.3, -0.25) is 9.78 Å². The summed E-state index contributed by atoms with van der Waals surface area (Å²) in [6, 6.07) is 3.32. The molecule has 1 fully saturated rings. The van der Waals surface area contributed by atoms with Gasteiger partial charge in [-0.25, -0.2) is 8.42 Å². The number of aryl methyl sites for hydroxylation is 2. The predicted molar refractivity (Wildman–Crippen MR) is 77.4 cm³/mol. The zero-order valence-corrected chi connectivity index (χ0v) is 12.5. The summed E-state index contributed by atoms with van der Waals surface area (Å²) in [5.74, 6) is -0.0363. The van der Waals surface area contributed by atoms with Crippen molar-refractivity contribution < 1.29 is 13.2 Å². The largest absolute Gasteiger partial charge is 0.324 e. The van der Waals surface area contributed by atoms with Crippen molar-refractivity contribution in [2.75, 3.05) is 23.4 Å². The number of amides is 1. The van der Waals surface area contributed by atoms with Crippen LogP contribution in [-0.2, 0) is 14.6 Å². The van der Waals surface area contributed by atoms with Gasteiger partial charge in [0.05, 0.1) is 22.9 Å². The molecule has 0 bridgehead atoms. The van der Waals surface area contributed by atoms with Crippen molar-refractivity contribution in [1.29, 1.82) is 0 Å². The first-order chi connectivity index (χ1) is 9.35. The van der Waals surface area contributed by atoms with Crippen LogP contribution < -0.4 is 10.6 Å². The molecule has 2 rings (SSSR count). The maximum Gasteiger partial charge on any atom is 0.226 e. The average Bonchev–Trinajstić information content (AvgIpc) is 2.31. The fraction of sp³-hybridized carbons (Fsp3) is 0.538. The van der Waals surface area contributed by atoms with Crippen molar-refractivity contribution in [3.05, 3.63) is 23.5 Å². The number of carbonyl (C=O) groups is 1. The second kappa shape index (κ2) is 5.88. The lowest BCUT2D eigenvalue weighted by Crippen LogP contribution is -2.46. The second-order valence-corrected chi connectivity index (χ2v) is 7.33. The molecule has 1 unspecified atom stereocenters. The van der Waals surface area contributed by atoms with Crippen molar-refractivity contribution in [2.45, 2.75) is 26.3 Å². The van der Waals surface area contributed by atoms with E-state index in [1.165, 1.54) is 0 Å². The summed E-state index contributed by atoms with van der Waals surface area (Å²) in [7, 11) is -3.02. The molecule has 6 nitrogen and oxygen atoms in total. The van der Waals surface area contributed by atoms with Gasteiger partial charge in [0.2, 0.25) is 5.91 Å². The van der Waals surface area contributed by atoms with Crippen molar-refractivity contribution in [3.63, 3.8) is 0 Å². The number of carbonyl (C=O) groups excluding carboxylic acids is 1. The van der Waals surface area contributed by atoms with Crippen LogP contribution in [0, 0.1) is 13.8 Å². The van der Waals surface area contributed by atoms with E-state index >= 15 is 0 Å². The Morgan fingerprint density at radius 1 is 1.45 bits per heavy atom.